The minimum atomic E-state index is -1.05. The van der Waals surface area contributed by atoms with Crippen molar-refractivity contribution < 1.29 is 19.4 Å². The molecule has 4 nitrogen and oxygen atoms in total. The van der Waals surface area contributed by atoms with Gasteiger partial charge in [-0.15, -0.1) is 0 Å². The third-order valence-corrected chi connectivity index (χ3v) is 6.33. The standard InChI is InChI=1S/C25H44O4/c1-4-6-8-9-10-11-12-13-14-18-21(17-7-5-2)29-24(28)25(3)20-16-15-19-22(25)23(26)27/h16,20-22H,4-15,17-19H2,1-3H3,(H,26,27). The van der Waals surface area contributed by atoms with Crippen LogP contribution in [-0.2, 0) is 14.3 Å². The molecule has 168 valence electrons. The SMILES string of the molecule is CCCCCCCCCCCC(CCCC)OC(=O)C1(C)C=CCCC1C(=O)O. The molecule has 0 aromatic carbocycles. The zero-order valence-electron chi connectivity index (χ0n) is 19.1. The summed E-state index contributed by atoms with van der Waals surface area (Å²) < 4.78 is 5.89. The number of unbranched alkanes of at least 4 members (excludes halogenated alkanes) is 9. The Morgan fingerprint density at radius 2 is 1.52 bits per heavy atom. The number of rotatable bonds is 16. The van der Waals surface area contributed by atoms with Gasteiger partial charge in [-0.2, -0.15) is 0 Å². The van der Waals surface area contributed by atoms with Gasteiger partial charge in [0.1, 0.15) is 6.10 Å². The summed E-state index contributed by atoms with van der Waals surface area (Å²) >= 11 is 0. The van der Waals surface area contributed by atoms with Gasteiger partial charge in [0.15, 0.2) is 0 Å². The highest BCUT2D eigenvalue weighted by Crippen LogP contribution is 2.38. The predicted octanol–water partition coefficient (Wildman–Crippen LogP) is 7.07. The molecule has 0 amide bonds. The molecule has 29 heavy (non-hydrogen) atoms. The summed E-state index contributed by atoms with van der Waals surface area (Å²) in [5, 5.41) is 9.55. The molecule has 3 atom stereocenters. The molecule has 0 aliphatic heterocycles. The summed E-state index contributed by atoms with van der Waals surface area (Å²) in [6.07, 6.45) is 20.1. The van der Waals surface area contributed by atoms with Crippen LogP contribution in [0.25, 0.3) is 0 Å². The van der Waals surface area contributed by atoms with Crippen LogP contribution in [0.3, 0.4) is 0 Å². The first kappa shape index (κ1) is 25.7. The fraction of sp³-hybridized carbons (Fsp3) is 0.840. The highest BCUT2D eigenvalue weighted by Gasteiger charge is 2.46. The van der Waals surface area contributed by atoms with E-state index in [0.717, 1.165) is 32.1 Å². The molecule has 0 aromatic rings. The van der Waals surface area contributed by atoms with E-state index >= 15 is 0 Å². The van der Waals surface area contributed by atoms with Crippen molar-refractivity contribution >= 4 is 11.9 Å². The van der Waals surface area contributed by atoms with E-state index in [1.54, 1.807) is 13.0 Å². The minimum absolute atomic E-state index is 0.0893. The molecule has 1 rings (SSSR count). The van der Waals surface area contributed by atoms with Crippen LogP contribution in [-0.4, -0.2) is 23.1 Å². The lowest BCUT2D eigenvalue weighted by Crippen LogP contribution is -2.42. The highest BCUT2D eigenvalue weighted by atomic mass is 16.5. The summed E-state index contributed by atoms with van der Waals surface area (Å²) in [6, 6.07) is 0. The third kappa shape index (κ3) is 9.35. The van der Waals surface area contributed by atoms with Crippen molar-refractivity contribution in [1.29, 1.82) is 0 Å². The van der Waals surface area contributed by atoms with Gasteiger partial charge in [0.05, 0.1) is 11.3 Å². The third-order valence-electron chi connectivity index (χ3n) is 6.33. The molecule has 0 spiro atoms. The molecule has 4 heteroatoms. The van der Waals surface area contributed by atoms with Crippen LogP contribution < -0.4 is 0 Å². The van der Waals surface area contributed by atoms with E-state index in [1.807, 2.05) is 6.08 Å². The molecule has 3 unspecified atom stereocenters. The first-order valence-electron chi connectivity index (χ1n) is 12.1. The molecule has 0 fully saturated rings. The molecular formula is C25H44O4. The fourth-order valence-corrected chi connectivity index (χ4v) is 4.25. The zero-order chi connectivity index (χ0) is 21.5. The Morgan fingerprint density at radius 3 is 2.10 bits per heavy atom. The van der Waals surface area contributed by atoms with E-state index in [2.05, 4.69) is 13.8 Å². The van der Waals surface area contributed by atoms with Gasteiger partial charge in [-0.1, -0.05) is 90.2 Å². The van der Waals surface area contributed by atoms with E-state index < -0.39 is 17.3 Å². The summed E-state index contributed by atoms with van der Waals surface area (Å²) in [6.45, 7) is 6.11. The van der Waals surface area contributed by atoms with Gasteiger partial charge in [0, 0.05) is 0 Å². The summed E-state index contributed by atoms with van der Waals surface area (Å²) in [5.74, 6) is -1.96. The number of esters is 1. The van der Waals surface area contributed by atoms with Gasteiger partial charge in [0.25, 0.3) is 0 Å². The number of hydrogen-bond acceptors (Lipinski definition) is 3. The number of aliphatic carboxylic acids is 1. The van der Waals surface area contributed by atoms with Crippen LogP contribution in [0.2, 0.25) is 0 Å². The van der Waals surface area contributed by atoms with Crippen molar-refractivity contribution in [3.05, 3.63) is 12.2 Å². The molecule has 0 aromatic heterocycles. The molecule has 1 aliphatic rings. The average molecular weight is 409 g/mol. The molecule has 0 saturated heterocycles. The summed E-state index contributed by atoms with van der Waals surface area (Å²) in [7, 11) is 0. The van der Waals surface area contributed by atoms with E-state index in [9.17, 15) is 14.7 Å². The van der Waals surface area contributed by atoms with Crippen LogP contribution in [0.5, 0.6) is 0 Å². The Bertz CT molecular complexity index is 499. The lowest BCUT2D eigenvalue weighted by atomic mass is 9.71. The van der Waals surface area contributed by atoms with Crippen LogP contribution >= 0.6 is 0 Å². The van der Waals surface area contributed by atoms with Crippen LogP contribution in [0.15, 0.2) is 12.2 Å². The first-order chi connectivity index (χ1) is 14.0. The second-order valence-corrected chi connectivity index (χ2v) is 8.94. The van der Waals surface area contributed by atoms with Crippen molar-refractivity contribution in [3.8, 4) is 0 Å². The number of allylic oxidation sites excluding steroid dienone is 1. The van der Waals surface area contributed by atoms with Crippen molar-refractivity contribution in [2.75, 3.05) is 0 Å². The second kappa shape index (κ2) is 14.6. The van der Waals surface area contributed by atoms with Crippen LogP contribution in [0.4, 0.5) is 0 Å². The van der Waals surface area contributed by atoms with Gasteiger partial charge < -0.3 is 9.84 Å². The van der Waals surface area contributed by atoms with Gasteiger partial charge in [-0.3, -0.25) is 9.59 Å². The number of hydrogen-bond donors (Lipinski definition) is 1. The average Bonchev–Trinajstić information content (AvgIpc) is 2.70. The predicted molar refractivity (Wildman–Crippen MR) is 119 cm³/mol. The molecular weight excluding hydrogens is 364 g/mol. The maximum Gasteiger partial charge on any atom is 0.316 e. The summed E-state index contributed by atoms with van der Waals surface area (Å²) in [5.41, 5.74) is -1.05. The van der Waals surface area contributed by atoms with Gasteiger partial charge in [-0.25, -0.2) is 0 Å². The molecule has 0 radical (unpaired) electrons. The zero-order valence-corrected chi connectivity index (χ0v) is 19.1. The molecule has 1 N–H and O–H groups in total. The number of carbonyl (C=O) groups is 2. The second-order valence-electron chi connectivity index (χ2n) is 8.94. The number of carbonyl (C=O) groups excluding carboxylic acids is 1. The minimum Gasteiger partial charge on any atom is -0.481 e. The maximum absolute atomic E-state index is 12.9. The fourth-order valence-electron chi connectivity index (χ4n) is 4.25. The lowest BCUT2D eigenvalue weighted by molar-refractivity contribution is -0.168. The Morgan fingerprint density at radius 1 is 0.966 bits per heavy atom. The van der Waals surface area contributed by atoms with Crippen LogP contribution in [0, 0.1) is 11.3 Å². The lowest BCUT2D eigenvalue weighted by Gasteiger charge is -2.34. The van der Waals surface area contributed by atoms with Crippen molar-refractivity contribution in [1.82, 2.24) is 0 Å². The molecule has 0 saturated carbocycles. The van der Waals surface area contributed by atoms with Crippen molar-refractivity contribution in [2.45, 2.75) is 123 Å². The Labute approximate surface area is 178 Å². The molecule has 1 aliphatic carbocycles. The van der Waals surface area contributed by atoms with E-state index in [-0.39, 0.29) is 12.1 Å². The highest BCUT2D eigenvalue weighted by molar-refractivity contribution is 5.86. The van der Waals surface area contributed by atoms with Gasteiger partial charge in [0.2, 0.25) is 0 Å². The van der Waals surface area contributed by atoms with E-state index in [0.29, 0.717) is 12.8 Å². The summed E-state index contributed by atoms with van der Waals surface area (Å²) in [4.78, 5) is 24.6. The van der Waals surface area contributed by atoms with Gasteiger partial charge >= 0.3 is 11.9 Å². The van der Waals surface area contributed by atoms with Crippen LogP contribution in [0.1, 0.15) is 117 Å². The normalized spacial score (nSPS) is 22.4. The van der Waals surface area contributed by atoms with E-state index in [1.165, 1.54) is 51.4 Å². The van der Waals surface area contributed by atoms with Crippen molar-refractivity contribution in [3.63, 3.8) is 0 Å². The largest absolute Gasteiger partial charge is 0.481 e. The molecule has 0 heterocycles. The Balaban J connectivity index is 2.45. The Kier molecular flexibility index (Phi) is 13.0. The number of carboxylic acids is 1. The van der Waals surface area contributed by atoms with Crippen molar-refractivity contribution in [2.24, 2.45) is 11.3 Å². The molecule has 0 bridgehead atoms. The number of carboxylic acid groups (broad SMARTS) is 1. The quantitative estimate of drug-likeness (QED) is 0.168. The smallest absolute Gasteiger partial charge is 0.316 e. The first-order valence-corrected chi connectivity index (χ1v) is 12.1. The Hall–Kier alpha value is -1.32. The maximum atomic E-state index is 12.9. The topological polar surface area (TPSA) is 63.6 Å². The van der Waals surface area contributed by atoms with E-state index in [4.69, 9.17) is 4.74 Å². The number of ether oxygens (including phenoxy) is 1. The van der Waals surface area contributed by atoms with Gasteiger partial charge in [-0.05, 0) is 39.0 Å². The monoisotopic (exact) mass is 408 g/mol.